The number of amides is 1. The van der Waals surface area contributed by atoms with Crippen molar-refractivity contribution in [1.29, 1.82) is 0 Å². The molecule has 0 saturated carbocycles. The van der Waals surface area contributed by atoms with E-state index in [2.05, 4.69) is 10.3 Å². The third-order valence-electron chi connectivity index (χ3n) is 3.08. The zero-order valence-electron chi connectivity index (χ0n) is 11.7. The van der Waals surface area contributed by atoms with Gasteiger partial charge in [0.1, 0.15) is 6.54 Å². The SMILES string of the molecule is O=C(O)CCCNC(=O)Cn1c(=O)[nH]c2ccccc2c1=O. The molecule has 1 heterocycles. The highest BCUT2D eigenvalue weighted by Crippen LogP contribution is 2.02. The lowest BCUT2D eigenvalue weighted by atomic mass is 10.2. The van der Waals surface area contributed by atoms with Gasteiger partial charge in [-0.2, -0.15) is 0 Å². The number of para-hydroxylation sites is 1. The van der Waals surface area contributed by atoms with Crippen LogP contribution in [0.3, 0.4) is 0 Å². The number of fused-ring (bicyclic) bond motifs is 1. The summed E-state index contributed by atoms with van der Waals surface area (Å²) in [6.07, 6.45) is 0.223. The topological polar surface area (TPSA) is 121 Å². The molecule has 1 amide bonds. The summed E-state index contributed by atoms with van der Waals surface area (Å²) in [7, 11) is 0. The van der Waals surface area contributed by atoms with E-state index >= 15 is 0 Å². The molecule has 0 aliphatic carbocycles. The maximum absolute atomic E-state index is 12.2. The van der Waals surface area contributed by atoms with Gasteiger partial charge in [0, 0.05) is 13.0 Å². The van der Waals surface area contributed by atoms with Crippen molar-refractivity contribution in [3.05, 3.63) is 45.1 Å². The van der Waals surface area contributed by atoms with E-state index in [1.54, 1.807) is 24.3 Å². The summed E-state index contributed by atoms with van der Waals surface area (Å²) in [5.41, 5.74) is -0.792. The van der Waals surface area contributed by atoms with Crippen molar-refractivity contribution >= 4 is 22.8 Å². The number of carbonyl (C=O) groups excluding carboxylic acids is 1. The molecule has 1 aromatic carbocycles. The van der Waals surface area contributed by atoms with Gasteiger partial charge in [-0.3, -0.25) is 19.0 Å². The molecule has 8 heteroatoms. The van der Waals surface area contributed by atoms with E-state index < -0.39 is 29.7 Å². The minimum Gasteiger partial charge on any atom is -0.481 e. The van der Waals surface area contributed by atoms with Gasteiger partial charge in [-0.25, -0.2) is 4.79 Å². The fourth-order valence-corrected chi connectivity index (χ4v) is 2.01. The van der Waals surface area contributed by atoms with Gasteiger partial charge in [0.25, 0.3) is 5.56 Å². The third-order valence-corrected chi connectivity index (χ3v) is 3.08. The average molecular weight is 305 g/mol. The molecule has 22 heavy (non-hydrogen) atoms. The Morgan fingerprint density at radius 3 is 2.68 bits per heavy atom. The number of H-pyrrole nitrogens is 1. The van der Waals surface area contributed by atoms with Crippen molar-refractivity contribution < 1.29 is 14.7 Å². The molecule has 2 aromatic rings. The molecule has 8 nitrogen and oxygen atoms in total. The Labute approximate surface area is 124 Å². The predicted octanol–water partition coefficient (Wildman–Crippen LogP) is -0.329. The van der Waals surface area contributed by atoms with E-state index in [0.29, 0.717) is 10.9 Å². The molecule has 0 fully saturated rings. The molecule has 1 aromatic heterocycles. The Kier molecular flexibility index (Phi) is 4.72. The summed E-state index contributed by atoms with van der Waals surface area (Å²) in [5, 5.41) is 11.3. The zero-order chi connectivity index (χ0) is 16.1. The second-order valence-electron chi connectivity index (χ2n) is 4.71. The lowest BCUT2D eigenvalue weighted by molar-refractivity contribution is -0.137. The maximum atomic E-state index is 12.2. The number of benzene rings is 1. The number of carbonyl (C=O) groups is 2. The molecule has 116 valence electrons. The van der Waals surface area contributed by atoms with Crippen LogP contribution in [0.15, 0.2) is 33.9 Å². The molecule has 0 aliphatic rings. The molecular formula is C14H15N3O5. The Bertz CT molecular complexity index is 821. The molecule has 0 bridgehead atoms. The highest BCUT2D eigenvalue weighted by Gasteiger charge is 2.10. The van der Waals surface area contributed by atoms with Crippen LogP contribution in [0.5, 0.6) is 0 Å². The quantitative estimate of drug-likeness (QED) is 0.631. The lowest BCUT2D eigenvalue weighted by Gasteiger charge is -2.07. The van der Waals surface area contributed by atoms with Crippen molar-refractivity contribution in [2.75, 3.05) is 6.54 Å². The van der Waals surface area contributed by atoms with E-state index in [1.807, 2.05) is 0 Å². The number of rotatable bonds is 6. The Morgan fingerprint density at radius 2 is 1.95 bits per heavy atom. The summed E-state index contributed by atoms with van der Waals surface area (Å²) < 4.78 is 0.814. The van der Waals surface area contributed by atoms with Crippen LogP contribution in [-0.2, 0) is 16.1 Å². The summed E-state index contributed by atoms with van der Waals surface area (Å²) >= 11 is 0. The van der Waals surface area contributed by atoms with Gasteiger partial charge in [0.05, 0.1) is 10.9 Å². The number of nitrogens with zero attached hydrogens (tertiary/aromatic N) is 1. The number of aromatic amines is 1. The minimum absolute atomic E-state index is 0.0587. The van der Waals surface area contributed by atoms with Gasteiger partial charge >= 0.3 is 11.7 Å². The van der Waals surface area contributed by atoms with Gasteiger partial charge in [-0.15, -0.1) is 0 Å². The largest absolute Gasteiger partial charge is 0.481 e. The second kappa shape index (κ2) is 6.70. The molecule has 0 atom stereocenters. The normalized spacial score (nSPS) is 10.5. The zero-order valence-corrected chi connectivity index (χ0v) is 11.7. The van der Waals surface area contributed by atoms with Gasteiger partial charge < -0.3 is 15.4 Å². The highest BCUT2D eigenvalue weighted by molar-refractivity contribution is 5.78. The first-order valence-electron chi connectivity index (χ1n) is 6.69. The van der Waals surface area contributed by atoms with Crippen molar-refractivity contribution in [1.82, 2.24) is 14.9 Å². The average Bonchev–Trinajstić information content (AvgIpc) is 2.48. The van der Waals surface area contributed by atoms with E-state index in [-0.39, 0.29) is 19.4 Å². The smallest absolute Gasteiger partial charge is 0.329 e. The van der Waals surface area contributed by atoms with Gasteiger partial charge in [0.2, 0.25) is 5.91 Å². The molecule has 0 aliphatic heterocycles. The minimum atomic E-state index is -0.948. The molecule has 3 N–H and O–H groups in total. The summed E-state index contributed by atoms with van der Waals surface area (Å²) in [6, 6.07) is 6.53. The molecule has 0 radical (unpaired) electrons. The number of carboxylic acid groups (broad SMARTS) is 1. The first kappa shape index (κ1) is 15.5. The molecule has 2 rings (SSSR count). The van der Waals surface area contributed by atoms with Crippen LogP contribution in [0.25, 0.3) is 10.9 Å². The molecule has 0 saturated heterocycles. The van der Waals surface area contributed by atoms with Crippen LogP contribution in [0.2, 0.25) is 0 Å². The molecule has 0 spiro atoms. The summed E-state index contributed by atoms with van der Waals surface area (Å²) in [4.78, 5) is 48.7. The number of aromatic nitrogens is 2. The molecular weight excluding hydrogens is 290 g/mol. The Morgan fingerprint density at radius 1 is 1.23 bits per heavy atom. The van der Waals surface area contributed by atoms with E-state index in [0.717, 1.165) is 4.57 Å². The lowest BCUT2D eigenvalue weighted by Crippen LogP contribution is -2.40. The van der Waals surface area contributed by atoms with Crippen LogP contribution < -0.4 is 16.6 Å². The van der Waals surface area contributed by atoms with Gasteiger partial charge in [0.15, 0.2) is 0 Å². The third kappa shape index (κ3) is 3.60. The standard InChI is InChI=1S/C14H15N3O5/c18-11(15-7-3-6-12(19)20)8-17-13(21)9-4-1-2-5-10(9)16-14(17)22/h1-2,4-5H,3,6-8H2,(H,15,18)(H,16,22)(H,19,20). The number of carboxylic acids is 1. The van der Waals surface area contributed by atoms with Crippen LogP contribution in [0.4, 0.5) is 0 Å². The highest BCUT2D eigenvalue weighted by atomic mass is 16.4. The first-order valence-corrected chi connectivity index (χ1v) is 6.69. The number of hydrogen-bond acceptors (Lipinski definition) is 4. The first-order chi connectivity index (χ1) is 10.5. The van der Waals surface area contributed by atoms with E-state index in [9.17, 15) is 19.2 Å². The van der Waals surface area contributed by atoms with Crippen molar-refractivity contribution in [2.45, 2.75) is 19.4 Å². The predicted molar refractivity (Wildman–Crippen MR) is 78.7 cm³/mol. The Balaban J connectivity index is 2.11. The van der Waals surface area contributed by atoms with Crippen LogP contribution in [-0.4, -0.2) is 33.1 Å². The van der Waals surface area contributed by atoms with Crippen molar-refractivity contribution in [2.24, 2.45) is 0 Å². The number of nitrogens with one attached hydrogen (secondary N) is 2. The Hall–Kier alpha value is -2.90. The number of hydrogen-bond donors (Lipinski definition) is 3. The van der Waals surface area contributed by atoms with Crippen molar-refractivity contribution in [3.8, 4) is 0 Å². The van der Waals surface area contributed by atoms with Gasteiger partial charge in [-0.05, 0) is 18.6 Å². The monoisotopic (exact) mass is 305 g/mol. The van der Waals surface area contributed by atoms with E-state index in [1.165, 1.54) is 0 Å². The van der Waals surface area contributed by atoms with Crippen molar-refractivity contribution in [3.63, 3.8) is 0 Å². The van der Waals surface area contributed by atoms with Crippen LogP contribution in [0, 0.1) is 0 Å². The second-order valence-corrected chi connectivity index (χ2v) is 4.71. The fraction of sp³-hybridized carbons (Fsp3) is 0.286. The van der Waals surface area contributed by atoms with E-state index in [4.69, 9.17) is 5.11 Å². The van der Waals surface area contributed by atoms with Crippen LogP contribution in [0.1, 0.15) is 12.8 Å². The van der Waals surface area contributed by atoms with Gasteiger partial charge in [-0.1, -0.05) is 12.1 Å². The fourth-order valence-electron chi connectivity index (χ4n) is 2.01. The number of aliphatic carboxylic acids is 1. The maximum Gasteiger partial charge on any atom is 0.329 e. The molecule has 0 unspecified atom stereocenters. The summed E-state index contributed by atoms with van der Waals surface area (Å²) in [6.45, 7) is -0.239. The van der Waals surface area contributed by atoms with Crippen LogP contribution >= 0.6 is 0 Å². The summed E-state index contributed by atoms with van der Waals surface area (Å²) in [5.74, 6) is -1.47.